The molecule has 1 amide bonds. The molecule has 3 aromatic rings. The minimum Gasteiger partial charge on any atom is -0.484 e. The maximum absolute atomic E-state index is 13.1. The van der Waals surface area contributed by atoms with Crippen LogP contribution in [0.25, 0.3) is 0 Å². The number of thiophene rings is 1. The standard InChI is InChI=1S/C26H28N2O6S2/c1-3-28(18-9-6-5-7-10-18)36(31,32)20-15-13-19(14-16-20)34-17-23(29)27-25-24(26(30)33-4-2)21-11-8-12-22(21)35-25/h5-7,9-10,13-16H,3-4,8,11-12,17H2,1-2H3,(H,27,29). The zero-order valence-electron chi connectivity index (χ0n) is 20.2. The Morgan fingerprint density at radius 3 is 2.42 bits per heavy atom. The monoisotopic (exact) mass is 528 g/mol. The maximum atomic E-state index is 13.1. The van der Waals surface area contributed by atoms with Gasteiger partial charge in [-0.25, -0.2) is 13.2 Å². The summed E-state index contributed by atoms with van der Waals surface area (Å²) >= 11 is 1.40. The van der Waals surface area contributed by atoms with Crippen LogP contribution in [0.4, 0.5) is 10.7 Å². The largest absolute Gasteiger partial charge is 0.484 e. The molecule has 8 nitrogen and oxygen atoms in total. The van der Waals surface area contributed by atoms with Crippen LogP contribution in [0.15, 0.2) is 59.5 Å². The molecule has 1 heterocycles. The summed E-state index contributed by atoms with van der Waals surface area (Å²) in [7, 11) is -3.75. The Hall–Kier alpha value is -3.37. The fraction of sp³-hybridized carbons (Fsp3) is 0.308. The van der Waals surface area contributed by atoms with Gasteiger partial charge in [-0.05, 0) is 75.1 Å². The van der Waals surface area contributed by atoms with Gasteiger partial charge in [0, 0.05) is 11.4 Å². The smallest absolute Gasteiger partial charge is 0.341 e. The number of rotatable bonds is 10. The Morgan fingerprint density at radius 2 is 1.75 bits per heavy atom. The Balaban J connectivity index is 1.41. The van der Waals surface area contributed by atoms with E-state index in [1.165, 1.54) is 39.9 Å². The number of nitrogens with one attached hydrogen (secondary N) is 1. The molecule has 0 spiro atoms. The molecule has 0 radical (unpaired) electrons. The van der Waals surface area contributed by atoms with Gasteiger partial charge in [-0.1, -0.05) is 18.2 Å². The lowest BCUT2D eigenvalue weighted by Gasteiger charge is -2.23. The molecule has 1 aliphatic carbocycles. The first-order chi connectivity index (χ1) is 17.3. The molecule has 2 aromatic carbocycles. The maximum Gasteiger partial charge on any atom is 0.341 e. The molecule has 0 saturated heterocycles. The molecule has 0 aliphatic heterocycles. The van der Waals surface area contributed by atoms with Gasteiger partial charge in [0.2, 0.25) is 0 Å². The number of aryl methyl sites for hydroxylation is 1. The van der Waals surface area contributed by atoms with Crippen molar-refractivity contribution in [2.24, 2.45) is 0 Å². The lowest BCUT2D eigenvalue weighted by atomic mass is 10.1. The van der Waals surface area contributed by atoms with Crippen LogP contribution in [-0.2, 0) is 32.4 Å². The lowest BCUT2D eigenvalue weighted by Crippen LogP contribution is -2.30. The van der Waals surface area contributed by atoms with Gasteiger partial charge in [0.1, 0.15) is 10.8 Å². The normalized spacial score (nSPS) is 12.6. The summed E-state index contributed by atoms with van der Waals surface area (Å²) in [6.07, 6.45) is 2.66. The van der Waals surface area contributed by atoms with E-state index in [-0.39, 0.29) is 24.7 Å². The van der Waals surface area contributed by atoms with Gasteiger partial charge in [0.15, 0.2) is 6.61 Å². The average molecular weight is 529 g/mol. The number of anilines is 2. The molecule has 0 unspecified atom stereocenters. The first kappa shape index (κ1) is 25.7. The number of amides is 1. The number of ether oxygens (including phenoxy) is 2. The Kier molecular flexibility index (Phi) is 7.95. The van der Waals surface area contributed by atoms with Gasteiger partial charge in [-0.15, -0.1) is 11.3 Å². The highest BCUT2D eigenvalue weighted by Gasteiger charge is 2.28. The summed E-state index contributed by atoms with van der Waals surface area (Å²) < 4.78 is 38.3. The molecule has 0 atom stereocenters. The van der Waals surface area contributed by atoms with Crippen molar-refractivity contribution in [3.8, 4) is 5.75 Å². The average Bonchev–Trinajstić information content (AvgIpc) is 3.45. The fourth-order valence-electron chi connectivity index (χ4n) is 4.14. The third kappa shape index (κ3) is 5.39. The second-order valence-corrected chi connectivity index (χ2v) is 11.1. The number of fused-ring (bicyclic) bond motifs is 1. The highest BCUT2D eigenvalue weighted by Crippen LogP contribution is 2.39. The molecule has 1 aliphatic rings. The number of hydrogen-bond acceptors (Lipinski definition) is 7. The lowest BCUT2D eigenvalue weighted by molar-refractivity contribution is -0.118. The van der Waals surface area contributed by atoms with Gasteiger partial charge in [-0.2, -0.15) is 0 Å². The highest BCUT2D eigenvalue weighted by molar-refractivity contribution is 7.92. The van der Waals surface area contributed by atoms with E-state index in [0.29, 0.717) is 22.0 Å². The number of sulfonamides is 1. The van der Waals surface area contributed by atoms with Crippen molar-refractivity contribution in [2.45, 2.75) is 38.0 Å². The molecule has 10 heteroatoms. The van der Waals surface area contributed by atoms with Crippen molar-refractivity contribution in [2.75, 3.05) is 29.4 Å². The van der Waals surface area contributed by atoms with Crippen molar-refractivity contribution >= 4 is 43.9 Å². The first-order valence-corrected chi connectivity index (χ1v) is 14.0. The zero-order valence-corrected chi connectivity index (χ0v) is 21.8. The van der Waals surface area contributed by atoms with Gasteiger partial charge in [0.25, 0.3) is 15.9 Å². The summed E-state index contributed by atoms with van der Waals surface area (Å²) in [6, 6.07) is 14.8. The molecule has 0 saturated carbocycles. The van der Waals surface area contributed by atoms with Crippen LogP contribution in [0.1, 0.15) is 41.1 Å². The predicted molar refractivity (Wildman–Crippen MR) is 140 cm³/mol. The molecular weight excluding hydrogens is 500 g/mol. The number of carbonyl (C=O) groups is 2. The minimum absolute atomic E-state index is 0.122. The van der Waals surface area contributed by atoms with Crippen molar-refractivity contribution in [3.63, 3.8) is 0 Å². The van der Waals surface area contributed by atoms with E-state index in [2.05, 4.69) is 5.32 Å². The second-order valence-electron chi connectivity index (χ2n) is 8.10. The Bertz CT molecular complexity index is 1330. The van der Waals surface area contributed by atoms with E-state index in [4.69, 9.17) is 9.47 Å². The van der Waals surface area contributed by atoms with Crippen LogP contribution >= 0.6 is 11.3 Å². The van der Waals surface area contributed by atoms with E-state index in [9.17, 15) is 18.0 Å². The third-order valence-corrected chi connectivity index (χ3v) is 8.89. The summed E-state index contributed by atoms with van der Waals surface area (Å²) in [6.45, 7) is 3.77. The summed E-state index contributed by atoms with van der Waals surface area (Å²) in [5.41, 5.74) is 1.98. The van der Waals surface area contributed by atoms with E-state index in [1.54, 1.807) is 38.1 Å². The highest BCUT2D eigenvalue weighted by atomic mass is 32.2. The summed E-state index contributed by atoms with van der Waals surface area (Å²) in [5.74, 6) is -0.494. The number of benzene rings is 2. The molecule has 190 valence electrons. The minimum atomic E-state index is -3.75. The van der Waals surface area contributed by atoms with E-state index < -0.39 is 21.9 Å². The van der Waals surface area contributed by atoms with Crippen molar-refractivity contribution in [1.82, 2.24) is 0 Å². The van der Waals surface area contributed by atoms with Crippen LogP contribution in [0.2, 0.25) is 0 Å². The molecule has 36 heavy (non-hydrogen) atoms. The van der Waals surface area contributed by atoms with E-state index in [1.807, 2.05) is 6.07 Å². The van der Waals surface area contributed by atoms with Crippen LogP contribution in [0.3, 0.4) is 0 Å². The van der Waals surface area contributed by atoms with E-state index >= 15 is 0 Å². The predicted octanol–water partition coefficient (Wildman–Crippen LogP) is 4.65. The SMILES string of the molecule is CCOC(=O)c1c(NC(=O)COc2ccc(S(=O)(=O)N(CC)c3ccccc3)cc2)sc2c1CCC2. The van der Waals surface area contributed by atoms with Crippen molar-refractivity contribution < 1.29 is 27.5 Å². The van der Waals surface area contributed by atoms with Crippen LogP contribution < -0.4 is 14.4 Å². The molecule has 0 fully saturated rings. The number of esters is 1. The number of carbonyl (C=O) groups excluding carboxylic acids is 2. The second kappa shape index (κ2) is 11.1. The van der Waals surface area contributed by atoms with Crippen LogP contribution in [-0.4, -0.2) is 40.1 Å². The summed E-state index contributed by atoms with van der Waals surface area (Å²) in [4.78, 5) is 26.3. The summed E-state index contributed by atoms with van der Waals surface area (Å²) in [5, 5.41) is 3.26. The third-order valence-electron chi connectivity index (χ3n) is 5.77. The zero-order chi connectivity index (χ0) is 25.7. The molecule has 0 bridgehead atoms. The molecule has 1 aromatic heterocycles. The van der Waals surface area contributed by atoms with Gasteiger partial charge >= 0.3 is 5.97 Å². The van der Waals surface area contributed by atoms with Crippen LogP contribution in [0, 0.1) is 0 Å². The van der Waals surface area contributed by atoms with Crippen LogP contribution in [0.5, 0.6) is 5.75 Å². The first-order valence-electron chi connectivity index (χ1n) is 11.8. The Morgan fingerprint density at radius 1 is 1.03 bits per heavy atom. The van der Waals surface area contributed by atoms with Gasteiger partial charge in [-0.3, -0.25) is 9.10 Å². The number of para-hydroxylation sites is 1. The molecule has 4 rings (SSSR count). The van der Waals surface area contributed by atoms with Crippen molar-refractivity contribution in [1.29, 1.82) is 0 Å². The van der Waals surface area contributed by atoms with Gasteiger partial charge in [0.05, 0.1) is 22.8 Å². The number of hydrogen-bond donors (Lipinski definition) is 1. The molecular formula is C26H28N2O6S2. The quantitative estimate of drug-likeness (QED) is 0.385. The number of nitrogens with zero attached hydrogens (tertiary/aromatic N) is 1. The Labute approximate surface area is 214 Å². The topological polar surface area (TPSA) is 102 Å². The van der Waals surface area contributed by atoms with E-state index in [0.717, 1.165) is 29.7 Å². The molecule has 1 N–H and O–H groups in total. The van der Waals surface area contributed by atoms with Gasteiger partial charge < -0.3 is 14.8 Å². The van der Waals surface area contributed by atoms with Crippen molar-refractivity contribution in [3.05, 3.63) is 70.6 Å². The fourth-order valence-corrected chi connectivity index (χ4v) is 6.91.